The van der Waals surface area contributed by atoms with Crippen molar-refractivity contribution in [1.82, 2.24) is 4.57 Å². The van der Waals surface area contributed by atoms with Crippen molar-refractivity contribution in [3.63, 3.8) is 0 Å². The first-order chi connectivity index (χ1) is 14.6. The molecular weight excluding hydrogens is 380 g/mol. The Kier molecular flexibility index (Phi) is 5.22. The molecule has 1 aromatic heterocycles. The van der Waals surface area contributed by atoms with Crippen LogP contribution in [0, 0.1) is 0 Å². The first-order valence-electron chi connectivity index (χ1n) is 9.38. The van der Waals surface area contributed by atoms with Crippen LogP contribution in [0.3, 0.4) is 0 Å². The number of benzene rings is 3. The zero-order valence-corrected chi connectivity index (χ0v) is 16.3. The van der Waals surface area contributed by atoms with Crippen molar-refractivity contribution in [3.8, 4) is 17.4 Å². The van der Waals surface area contributed by atoms with E-state index in [0.29, 0.717) is 27.8 Å². The first-order valence-corrected chi connectivity index (χ1v) is 9.38. The van der Waals surface area contributed by atoms with Gasteiger partial charge in [-0.15, -0.1) is 0 Å². The smallest absolute Gasteiger partial charge is 0.261 e. The van der Waals surface area contributed by atoms with Crippen molar-refractivity contribution in [2.24, 2.45) is 4.99 Å². The van der Waals surface area contributed by atoms with Gasteiger partial charge in [0.05, 0.1) is 19.2 Å². The number of hydrogen-bond donors (Lipinski definition) is 2. The number of para-hydroxylation sites is 2. The van der Waals surface area contributed by atoms with Crippen molar-refractivity contribution < 1.29 is 14.9 Å². The molecule has 30 heavy (non-hydrogen) atoms. The highest BCUT2D eigenvalue weighted by Crippen LogP contribution is 2.28. The van der Waals surface area contributed by atoms with Crippen LogP contribution in [-0.4, -0.2) is 28.1 Å². The van der Waals surface area contributed by atoms with E-state index in [4.69, 9.17) is 4.74 Å². The Bertz CT molecular complexity index is 1290. The molecule has 0 aliphatic heterocycles. The minimum atomic E-state index is -0.293. The number of hydrogen-bond acceptors (Lipinski definition) is 5. The maximum absolute atomic E-state index is 13.1. The zero-order valence-electron chi connectivity index (χ0n) is 16.3. The van der Waals surface area contributed by atoms with Crippen LogP contribution in [0.4, 0.5) is 5.69 Å². The van der Waals surface area contributed by atoms with E-state index in [0.717, 1.165) is 5.56 Å². The summed E-state index contributed by atoms with van der Waals surface area (Å²) < 4.78 is 6.49. The lowest BCUT2D eigenvalue weighted by Gasteiger charge is -2.14. The van der Waals surface area contributed by atoms with E-state index in [9.17, 15) is 15.0 Å². The molecule has 0 radical (unpaired) electrons. The Labute approximate surface area is 173 Å². The maximum Gasteiger partial charge on any atom is 0.261 e. The van der Waals surface area contributed by atoms with Gasteiger partial charge in [0.25, 0.3) is 5.56 Å². The van der Waals surface area contributed by atoms with E-state index in [1.165, 1.54) is 16.8 Å². The van der Waals surface area contributed by atoms with Gasteiger partial charge >= 0.3 is 0 Å². The fourth-order valence-corrected chi connectivity index (χ4v) is 3.31. The quantitative estimate of drug-likeness (QED) is 0.491. The molecule has 6 heteroatoms. The minimum Gasteiger partial charge on any atom is -0.506 e. The van der Waals surface area contributed by atoms with E-state index >= 15 is 0 Å². The SMILES string of the molecule is COc1ccc(Cn2c(O)c(C=Nc3ccccc3O)c3ccccc3c2=O)cc1. The Morgan fingerprint density at radius 3 is 2.30 bits per heavy atom. The molecule has 0 aliphatic carbocycles. The molecule has 1 heterocycles. The number of ether oxygens (including phenoxy) is 1. The maximum atomic E-state index is 13.1. The fraction of sp³-hybridized carbons (Fsp3) is 0.0833. The van der Waals surface area contributed by atoms with Crippen LogP contribution < -0.4 is 10.3 Å². The molecule has 0 saturated heterocycles. The van der Waals surface area contributed by atoms with Crippen LogP contribution in [-0.2, 0) is 6.54 Å². The zero-order chi connectivity index (χ0) is 21.1. The number of phenolic OH excluding ortho intramolecular Hbond substituents is 1. The molecule has 0 amide bonds. The van der Waals surface area contributed by atoms with Gasteiger partial charge in [0.1, 0.15) is 17.2 Å². The Morgan fingerprint density at radius 2 is 1.60 bits per heavy atom. The summed E-state index contributed by atoms with van der Waals surface area (Å²) in [6, 6.07) is 21.0. The highest BCUT2D eigenvalue weighted by molar-refractivity contribution is 6.02. The van der Waals surface area contributed by atoms with Crippen LogP contribution in [0.2, 0.25) is 0 Å². The van der Waals surface area contributed by atoms with Crippen molar-refractivity contribution in [2.45, 2.75) is 6.54 Å². The van der Waals surface area contributed by atoms with E-state index in [2.05, 4.69) is 4.99 Å². The number of pyridine rings is 1. The van der Waals surface area contributed by atoms with Crippen molar-refractivity contribution in [1.29, 1.82) is 0 Å². The van der Waals surface area contributed by atoms with Gasteiger partial charge < -0.3 is 14.9 Å². The largest absolute Gasteiger partial charge is 0.506 e. The summed E-state index contributed by atoms with van der Waals surface area (Å²) in [6.45, 7) is 0.191. The Hall–Kier alpha value is -4.06. The number of rotatable bonds is 5. The summed E-state index contributed by atoms with van der Waals surface area (Å²) in [7, 11) is 1.59. The number of phenols is 1. The fourth-order valence-electron chi connectivity index (χ4n) is 3.31. The molecule has 6 nitrogen and oxygen atoms in total. The van der Waals surface area contributed by atoms with Crippen LogP contribution in [0.5, 0.6) is 17.4 Å². The third-order valence-corrected chi connectivity index (χ3v) is 4.90. The molecule has 3 aromatic carbocycles. The predicted molar refractivity (Wildman–Crippen MR) is 117 cm³/mol. The van der Waals surface area contributed by atoms with Gasteiger partial charge in [0, 0.05) is 17.0 Å². The van der Waals surface area contributed by atoms with Crippen LogP contribution in [0.1, 0.15) is 11.1 Å². The van der Waals surface area contributed by atoms with Crippen molar-refractivity contribution in [2.75, 3.05) is 7.11 Å². The van der Waals surface area contributed by atoms with Gasteiger partial charge in [-0.25, -0.2) is 0 Å². The normalized spacial score (nSPS) is 11.2. The molecule has 0 aliphatic rings. The highest BCUT2D eigenvalue weighted by Gasteiger charge is 2.15. The van der Waals surface area contributed by atoms with Crippen molar-refractivity contribution >= 4 is 22.7 Å². The second-order valence-electron chi connectivity index (χ2n) is 6.77. The third-order valence-electron chi connectivity index (χ3n) is 4.90. The molecule has 0 spiro atoms. The van der Waals surface area contributed by atoms with E-state index in [1.807, 2.05) is 12.1 Å². The number of methoxy groups -OCH3 is 1. The Morgan fingerprint density at radius 1 is 0.933 bits per heavy atom. The lowest BCUT2D eigenvalue weighted by molar-refractivity contribution is 0.412. The number of nitrogens with zero attached hydrogens (tertiary/aromatic N) is 2. The number of aromatic hydroxyl groups is 2. The molecule has 4 aromatic rings. The molecule has 0 fully saturated rings. The lowest BCUT2D eigenvalue weighted by Crippen LogP contribution is -2.22. The molecular formula is C24H20N2O4. The second-order valence-corrected chi connectivity index (χ2v) is 6.77. The molecule has 0 unspecified atom stereocenters. The summed E-state index contributed by atoms with van der Waals surface area (Å²) in [5, 5.41) is 22.0. The van der Waals surface area contributed by atoms with Gasteiger partial charge in [-0.3, -0.25) is 14.4 Å². The summed E-state index contributed by atoms with van der Waals surface area (Å²) >= 11 is 0. The van der Waals surface area contributed by atoms with Gasteiger partial charge in [0.15, 0.2) is 0 Å². The standard InChI is InChI=1S/C24H20N2O4/c1-30-17-12-10-16(11-13-17)15-26-23(28)19-7-3-2-6-18(19)20(24(26)29)14-25-21-8-4-5-9-22(21)27/h2-14,27,29H,15H2,1H3. The van der Waals surface area contributed by atoms with Gasteiger partial charge in [-0.1, -0.05) is 42.5 Å². The number of aromatic nitrogens is 1. The van der Waals surface area contributed by atoms with Gasteiger partial charge in [0.2, 0.25) is 5.88 Å². The molecule has 4 rings (SSSR count). The van der Waals surface area contributed by atoms with E-state index in [1.54, 1.807) is 61.7 Å². The third kappa shape index (κ3) is 3.63. The van der Waals surface area contributed by atoms with Crippen LogP contribution >= 0.6 is 0 Å². The van der Waals surface area contributed by atoms with Crippen LogP contribution in [0.15, 0.2) is 82.6 Å². The topological polar surface area (TPSA) is 84.1 Å². The van der Waals surface area contributed by atoms with E-state index < -0.39 is 0 Å². The number of aliphatic imine (C=N–C) groups is 1. The van der Waals surface area contributed by atoms with Gasteiger partial charge in [-0.2, -0.15) is 0 Å². The van der Waals surface area contributed by atoms with Crippen LogP contribution in [0.25, 0.3) is 10.8 Å². The second kappa shape index (κ2) is 8.13. The first kappa shape index (κ1) is 19.3. The molecule has 2 N–H and O–H groups in total. The summed E-state index contributed by atoms with van der Waals surface area (Å²) in [5.41, 5.74) is 1.32. The number of fused-ring (bicyclic) bond motifs is 1. The summed E-state index contributed by atoms with van der Waals surface area (Å²) in [6.07, 6.45) is 1.47. The van der Waals surface area contributed by atoms with Gasteiger partial charge in [-0.05, 0) is 35.9 Å². The summed E-state index contributed by atoms with van der Waals surface area (Å²) in [5.74, 6) is 0.558. The predicted octanol–water partition coefficient (Wildman–Crippen LogP) is 4.22. The lowest BCUT2D eigenvalue weighted by atomic mass is 10.1. The summed E-state index contributed by atoms with van der Waals surface area (Å²) in [4.78, 5) is 17.4. The molecule has 0 atom stereocenters. The average Bonchev–Trinajstić information content (AvgIpc) is 2.78. The minimum absolute atomic E-state index is 0.0316. The molecule has 0 bridgehead atoms. The molecule has 150 valence electrons. The molecule has 0 saturated carbocycles. The highest BCUT2D eigenvalue weighted by atomic mass is 16.5. The van der Waals surface area contributed by atoms with Crippen molar-refractivity contribution in [3.05, 3.63) is 94.3 Å². The Balaban J connectivity index is 1.85. The monoisotopic (exact) mass is 400 g/mol. The van der Waals surface area contributed by atoms with E-state index in [-0.39, 0.29) is 23.7 Å². The average molecular weight is 400 g/mol.